The van der Waals surface area contributed by atoms with E-state index >= 15 is 0 Å². The van der Waals surface area contributed by atoms with Gasteiger partial charge in [0.15, 0.2) is 0 Å². The fourth-order valence-electron chi connectivity index (χ4n) is 7.60. The molecule has 2 fully saturated rings. The number of hydrogen-bond donors (Lipinski definition) is 1. The summed E-state index contributed by atoms with van der Waals surface area (Å²) in [7, 11) is 3.92. The molecule has 2 aliphatic carbocycles. The van der Waals surface area contributed by atoms with Gasteiger partial charge in [-0.15, -0.1) is 0 Å². The summed E-state index contributed by atoms with van der Waals surface area (Å²) >= 11 is 0. The number of alkyl carbamates (subject to hydrolysis) is 1. The Kier molecular flexibility index (Phi) is 20.8. The average molecular weight is 812 g/mol. The quantitative estimate of drug-likeness (QED) is 0.0453. The molecule has 9 atom stereocenters. The second-order valence-electron chi connectivity index (χ2n) is 15.3. The molecule has 0 aromatic heterocycles. The maximum absolute atomic E-state index is 12.8. The number of cyclic esters (lactones) is 1. The Bertz CT molecular complexity index is 1260. The Hall–Kier alpha value is -2.26. The van der Waals surface area contributed by atoms with Gasteiger partial charge in [0.1, 0.15) is 24.9 Å². The molecule has 14 heteroatoms. The molecule has 0 bridgehead atoms. The molecule has 6 unspecified atom stereocenters. The van der Waals surface area contributed by atoms with E-state index in [9.17, 15) is 19.2 Å². The summed E-state index contributed by atoms with van der Waals surface area (Å²) in [4.78, 5) is 49.7. The molecule has 55 heavy (non-hydrogen) atoms. The van der Waals surface area contributed by atoms with Crippen LogP contribution in [0.1, 0.15) is 98.3 Å². The van der Waals surface area contributed by atoms with Crippen LogP contribution in [0.2, 0.25) is 0 Å². The number of esters is 3. The Morgan fingerprint density at radius 1 is 0.945 bits per heavy atom. The molecule has 2 heterocycles. The van der Waals surface area contributed by atoms with Crippen molar-refractivity contribution in [3.05, 3.63) is 23.8 Å². The van der Waals surface area contributed by atoms with Crippen LogP contribution in [0, 0.1) is 29.6 Å². The van der Waals surface area contributed by atoms with E-state index in [1.54, 1.807) is 0 Å². The molecule has 0 saturated carbocycles. The molecule has 1 N–H and O–H groups in total. The fraction of sp³-hybridized carbons (Fsp3) is 0.805. The molecule has 4 rings (SSSR count). The highest BCUT2D eigenvalue weighted by molar-refractivity contribution is 8.77. The Morgan fingerprint density at radius 2 is 1.69 bits per heavy atom. The van der Waals surface area contributed by atoms with Crippen molar-refractivity contribution < 1.29 is 52.3 Å². The van der Waals surface area contributed by atoms with Crippen molar-refractivity contribution in [2.45, 2.75) is 122 Å². The molecular weight excluding hydrogens is 747 g/mol. The van der Waals surface area contributed by atoms with Crippen molar-refractivity contribution in [3.8, 4) is 0 Å². The van der Waals surface area contributed by atoms with Crippen LogP contribution in [0.4, 0.5) is 4.79 Å². The lowest BCUT2D eigenvalue weighted by atomic mass is 9.65. The van der Waals surface area contributed by atoms with Gasteiger partial charge in [-0.25, -0.2) is 4.79 Å². The third kappa shape index (κ3) is 16.6. The second-order valence-corrected chi connectivity index (χ2v) is 18.1. The van der Waals surface area contributed by atoms with E-state index in [0.29, 0.717) is 58.2 Å². The predicted octanol–water partition coefficient (Wildman–Crippen LogP) is 7.24. The first kappa shape index (κ1) is 45.4. The Morgan fingerprint density at radius 3 is 2.42 bits per heavy atom. The van der Waals surface area contributed by atoms with Gasteiger partial charge in [-0.05, 0) is 68.3 Å². The number of fused-ring (bicyclic) bond motifs is 1. The summed E-state index contributed by atoms with van der Waals surface area (Å²) in [6, 6.07) is 0. The van der Waals surface area contributed by atoms with Crippen LogP contribution < -0.4 is 5.32 Å². The van der Waals surface area contributed by atoms with E-state index in [2.05, 4.69) is 37.4 Å². The average Bonchev–Trinajstić information content (AvgIpc) is 3.68. The van der Waals surface area contributed by atoms with E-state index in [4.69, 9.17) is 33.2 Å². The standard InChI is InChI=1S/C41H65NO11S2/c1-5-29(3)40(45)53-36-25-28(2)24-31-11-10-30(4)35(39(31)36)13-12-32-26-33(27-38(44)51-32)52-41(46)42-15-16-47-17-18-48-19-20-49-21-22-50-37(43)9-7-6-8-34-14-23-54-55-34/h10-11,24,28-30,32-36,39H,5-9,12-23,25-27H2,1-4H3,(H,42,46)/t28-,29?,30?,32?,33?,34?,35+,36?,39-/m1/s1. The zero-order valence-electron chi connectivity index (χ0n) is 33.4. The van der Waals surface area contributed by atoms with Crippen molar-refractivity contribution in [1.29, 1.82) is 0 Å². The zero-order chi connectivity index (χ0) is 39.4. The van der Waals surface area contributed by atoms with Gasteiger partial charge in [-0.3, -0.25) is 14.4 Å². The molecule has 2 aliphatic heterocycles. The van der Waals surface area contributed by atoms with Crippen LogP contribution >= 0.6 is 21.6 Å². The number of unbranched alkanes of at least 4 members (excludes halogenated alkanes) is 1. The van der Waals surface area contributed by atoms with Crippen molar-refractivity contribution in [1.82, 2.24) is 5.32 Å². The minimum absolute atomic E-state index is 0.0232. The van der Waals surface area contributed by atoms with E-state index in [-0.39, 0.29) is 80.0 Å². The van der Waals surface area contributed by atoms with Crippen LogP contribution in [0.3, 0.4) is 0 Å². The number of amides is 1. The Balaban J connectivity index is 1.02. The lowest BCUT2D eigenvalue weighted by Gasteiger charge is -2.43. The normalized spacial score (nSPS) is 28.1. The van der Waals surface area contributed by atoms with Gasteiger partial charge < -0.3 is 38.5 Å². The van der Waals surface area contributed by atoms with Gasteiger partial charge in [-0.1, -0.05) is 73.9 Å². The van der Waals surface area contributed by atoms with Gasteiger partial charge in [-0.2, -0.15) is 0 Å². The van der Waals surface area contributed by atoms with Crippen molar-refractivity contribution in [2.75, 3.05) is 58.5 Å². The number of rotatable bonds is 24. The molecule has 2 saturated heterocycles. The third-order valence-corrected chi connectivity index (χ3v) is 13.8. The first-order valence-corrected chi connectivity index (χ1v) is 22.9. The molecule has 12 nitrogen and oxygen atoms in total. The minimum Gasteiger partial charge on any atom is -0.463 e. The topological polar surface area (TPSA) is 145 Å². The highest BCUT2D eigenvalue weighted by atomic mass is 33.1. The largest absolute Gasteiger partial charge is 0.463 e. The number of carbonyl (C=O) groups is 4. The highest BCUT2D eigenvalue weighted by Gasteiger charge is 2.42. The van der Waals surface area contributed by atoms with E-state index in [0.717, 1.165) is 37.4 Å². The molecule has 0 aromatic carbocycles. The molecule has 1 amide bonds. The van der Waals surface area contributed by atoms with Crippen molar-refractivity contribution >= 4 is 45.6 Å². The SMILES string of the molecule is CCC(C)C(=O)OC1C[C@H](C)C=C2C=CC(C)[C@H](CCC3CC(OC(=O)NCCOCCOCCOCCOC(=O)CCCCC4CCSS4)CC(=O)O3)[C@@H]21. The number of ether oxygens (including phenoxy) is 7. The zero-order valence-corrected chi connectivity index (χ0v) is 35.0. The van der Waals surface area contributed by atoms with Gasteiger partial charge in [0.2, 0.25) is 0 Å². The van der Waals surface area contributed by atoms with Crippen LogP contribution in [0.25, 0.3) is 0 Å². The molecule has 4 aliphatic rings. The smallest absolute Gasteiger partial charge is 0.407 e. The minimum atomic E-state index is -0.595. The van der Waals surface area contributed by atoms with Gasteiger partial charge in [0, 0.05) is 36.3 Å². The van der Waals surface area contributed by atoms with Crippen LogP contribution in [-0.4, -0.2) is 106 Å². The Labute approximate surface area is 336 Å². The molecule has 0 aromatic rings. The number of allylic oxidation sites excluding steroid dienone is 3. The van der Waals surface area contributed by atoms with Crippen LogP contribution in [0.5, 0.6) is 0 Å². The van der Waals surface area contributed by atoms with Crippen molar-refractivity contribution in [3.63, 3.8) is 0 Å². The van der Waals surface area contributed by atoms with Gasteiger partial charge >= 0.3 is 24.0 Å². The number of nitrogens with one attached hydrogen (secondary N) is 1. The maximum atomic E-state index is 12.8. The fourth-order valence-corrected chi connectivity index (χ4v) is 10.6. The van der Waals surface area contributed by atoms with E-state index in [1.807, 2.05) is 35.4 Å². The third-order valence-electron chi connectivity index (χ3n) is 10.8. The highest BCUT2D eigenvalue weighted by Crippen LogP contribution is 2.45. The summed E-state index contributed by atoms with van der Waals surface area (Å²) < 4.78 is 39.2. The first-order chi connectivity index (χ1) is 26.6. The van der Waals surface area contributed by atoms with Crippen LogP contribution in [-0.2, 0) is 47.5 Å². The number of carbonyl (C=O) groups excluding carboxylic acids is 4. The van der Waals surface area contributed by atoms with Crippen LogP contribution in [0.15, 0.2) is 23.8 Å². The molecule has 0 spiro atoms. The summed E-state index contributed by atoms with van der Waals surface area (Å²) in [6.45, 7) is 10.9. The van der Waals surface area contributed by atoms with Crippen molar-refractivity contribution in [2.24, 2.45) is 29.6 Å². The number of hydrogen-bond acceptors (Lipinski definition) is 13. The lowest BCUT2D eigenvalue weighted by Crippen LogP contribution is -2.42. The summed E-state index contributed by atoms with van der Waals surface area (Å²) in [6.07, 6.45) is 13.3. The molecule has 312 valence electrons. The predicted molar refractivity (Wildman–Crippen MR) is 213 cm³/mol. The maximum Gasteiger partial charge on any atom is 0.407 e. The van der Waals surface area contributed by atoms with E-state index in [1.165, 1.54) is 24.2 Å². The van der Waals surface area contributed by atoms with Gasteiger partial charge in [0.25, 0.3) is 0 Å². The monoisotopic (exact) mass is 811 g/mol. The van der Waals surface area contributed by atoms with E-state index < -0.39 is 12.2 Å². The molecular formula is C41H65NO11S2. The van der Waals surface area contributed by atoms with Gasteiger partial charge in [0.05, 0.1) is 52.0 Å². The second kappa shape index (κ2) is 25.2. The summed E-state index contributed by atoms with van der Waals surface area (Å²) in [5.74, 6) is 1.35. The molecule has 0 radical (unpaired) electrons. The first-order valence-electron chi connectivity index (χ1n) is 20.5. The summed E-state index contributed by atoms with van der Waals surface area (Å²) in [5.41, 5.74) is 1.23. The summed E-state index contributed by atoms with van der Waals surface area (Å²) in [5, 5.41) is 3.43. The lowest BCUT2D eigenvalue weighted by molar-refractivity contribution is -0.162.